The van der Waals surface area contributed by atoms with Crippen LogP contribution in [-0.4, -0.2) is 38.3 Å². The van der Waals surface area contributed by atoms with E-state index in [1.807, 2.05) is 36.4 Å². The summed E-state index contributed by atoms with van der Waals surface area (Å²) in [5.41, 5.74) is 2.97. The minimum absolute atomic E-state index is 0.0524. The van der Waals surface area contributed by atoms with Crippen LogP contribution in [0.3, 0.4) is 0 Å². The molecule has 1 saturated heterocycles. The van der Waals surface area contributed by atoms with Crippen molar-refractivity contribution in [1.82, 2.24) is 0 Å². The summed E-state index contributed by atoms with van der Waals surface area (Å²) in [6.45, 7) is 3.00. The Morgan fingerprint density at radius 3 is 2.64 bits per heavy atom. The Labute approximate surface area is 160 Å². The summed E-state index contributed by atoms with van der Waals surface area (Å²) in [5, 5.41) is 3.79. The topological polar surface area (TPSA) is 42.8 Å². The molecule has 2 aromatic rings. The molecule has 1 fully saturated rings. The monoisotopic (exact) mass is 421 g/mol. The van der Waals surface area contributed by atoms with Crippen molar-refractivity contribution in [1.29, 1.82) is 0 Å². The second-order valence-corrected chi connectivity index (χ2v) is 7.79. The van der Waals surface area contributed by atoms with Gasteiger partial charge in [-0.15, -0.1) is 0 Å². The van der Waals surface area contributed by atoms with Crippen molar-refractivity contribution in [3.63, 3.8) is 0 Å². The molecule has 4 rings (SSSR count). The second kappa shape index (κ2) is 7.08. The molecule has 0 bridgehead atoms. The van der Waals surface area contributed by atoms with E-state index in [-0.39, 0.29) is 17.9 Å². The normalized spacial score (nSPS) is 23.8. The zero-order valence-electron chi connectivity index (χ0n) is 13.6. The van der Waals surface area contributed by atoms with Crippen LogP contribution < -0.4 is 10.2 Å². The van der Waals surface area contributed by atoms with E-state index in [1.54, 1.807) is 0 Å². The summed E-state index contributed by atoms with van der Waals surface area (Å²) in [6, 6.07) is 13.6. The zero-order chi connectivity index (χ0) is 17.4. The van der Waals surface area contributed by atoms with Crippen molar-refractivity contribution >= 4 is 39.1 Å². The molecule has 0 aromatic heterocycles. The number of quaternary nitrogens is 1. The first-order valence-electron chi connectivity index (χ1n) is 8.42. The summed E-state index contributed by atoms with van der Waals surface area (Å²) >= 11 is 10.1. The molecule has 0 radical (unpaired) electrons. The van der Waals surface area contributed by atoms with E-state index in [0.717, 1.165) is 34.4 Å². The van der Waals surface area contributed by atoms with E-state index >= 15 is 0 Å². The number of morpholine rings is 1. The highest BCUT2D eigenvalue weighted by atomic mass is 79.9. The van der Waals surface area contributed by atoms with E-state index in [2.05, 4.69) is 27.3 Å². The Morgan fingerprint density at radius 2 is 1.88 bits per heavy atom. The molecule has 25 heavy (non-hydrogen) atoms. The van der Waals surface area contributed by atoms with E-state index in [4.69, 9.17) is 16.3 Å². The average molecular weight is 423 g/mol. The van der Waals surface area contributed by atoms with Crippen LogP contribution in [0.15, 0.2) is 46.9 Å². The van der Waals surface area contributed by atoms with Gasteiger partial charge in [0.1, 0.15) is 13.1 Å². The third kappa shape index (κ3) is 3.22. The number of fused-ring (bicyclic) bond motifs is 1. The van der Waals surface area contributed by atoms with Crippen LogP contribution in [0.5, 0.6) is 0 Å². The van der Waals surface area contributed by atoms with Gasteiger partial charge in [-0.3, -0.25) is 4.79 Å². The van der Waals surface area contributed by atoms with Gasteiger partial charge < -0.3 is 15.0 Å². The summed E-state index contributed by atoms with van der Waals surface area (Å²) in [6.07, 6.45) is 0. The van der Waals surface area contributed by atoms with Crippen molar-refractivity contribution in [2.45, 2.75) is 12.0 Å². The predicted octanol–water partition coefficient (Wildman–Crippen LogP) is 2.47. The highest BCUT2D eigenvalue weighted by Crippen LogP contribution is 2.40. The van der Waals surface area contributed by atoms with Gasteiger partial charge in [0.05, 0.1) is 19.1 Å². The number of rotatable bonds is 2. The lowest BCUT2D eigenvalue weighted by molar-refractivity contribution is -0.924. The first-order valence-corrected chi connectivity index (χ1v) is 9.59. The second-order valence-electron chi connectivity index (χ2n) is 6.47. The summed E-state index contributed by atoms with van der Waals surface area (Å²) in [4.78, 5) is 14.3. The number of halogens is 2. The van der Waals surface area contributed by atoms with Gasteiger partial charge in [0, 0.05) is 15.2 Å². The van der Waals surface area contributed by atoms with Gasteiger partial charge in [-0.25, -0.2) is 0 Å². The van der Waals surface area contributed by atoms with Crippen LogP contribution in [0.2, 0.25) is 5.02 Å². The lowest BCUT2D eigenvalue weighted by atomic mass is 9.80. The molecular weight excluding hydrogens is 404 g/mol. The van der Waals surface area contributed by atoms with Crippen molar-refractivity contribution in [2.75, 3.05) is 31.6 Å². The Bertz CT molecular complexity index is 808. The van der Waals surface area contributed by atoms with Crippen LogP contribution in [0.4, 0.5) is 5.69 Å². The number of nitrogens with one attached hydrogen (secondary N) is 2. The Kier molecular flexibility index (Phi) is 4.82. The molecule has 0 unspecified atom stereocenters. The van der Waals surface area contributed by atoms with Crippen molar-refractivity contribution in [2.24, 2.45) is 0 Å². The molecule has 130 valence electrons. The number of carbonyl (C=O) groups is 1. The number of carbonyl (C=O) groups excluding carboxylic acids is 1. The summed E-state index contributed by atoms with van der Waals surface area (Å²) < 4.78 is 6.49. The largest absolute Gasteiger partial charge is 0.370 e. The minimum atomic E-state index is -0.217. The number of hydrogen-bond acceptors (Lipinski definition) is 2. The molecule has 4 nitrogen and oxygen atoms in total. The summed E-state index contributed by atoms with van der Waals surface area (Å²) in [5.74, 6) is -0.0281. The maximum Gasteiger partial charge on any atom is 0.283 e. The molecule has 0 spiro atoms. The fraction of sp³-hybridized carbons (Fsp3) is 0.316. The number of amides is 1. The van der Waals surface area contributed by atoms with Crippen molar-refractivity contribution in [3.05, 3.63) is 63.1 Å². The molecular formula is C19H19BrClN2O2+. The van der Waals surface area contributed by atoms with Crippen LogP contribution in [0.1, 0.15) is 17.0 Å². The fourth-order valence-electron chi connectivity index (χ4n) is 3.89. The Balaban J connectivity index is 1.87. The van der Waals surface area contributed by atoms with Crippen LogP contribution in [0, 0.1) is 0 Å². The van der Waals surface area contributed by atoms with Gasteiger partial charge in [0.25, 0.3) is 5.91 Å². The van der Waals surface area contributed by atoms with Crippen molar-refractivity contribution in [3.8, 4) is 0 Å². The van der Waals surface area contributed by atoms with E-state index in [9.17, 15) is 4.79 Å². The van der Waals surface area contributed by atoms with Gasteiger partial charge in [-0.2, -0.15) is 0 Å². The highest BCUT2D eigenvalue weighted by Gasteiger charge is 2.44. The molecule has 6 heteroatoms. The third-order valence-corrected chi connectivity index (χ3v) is 5.87. The first kappa shape index (κ1) is 17.0. The molecule has 0 aliphatic carbocycles. The maximum absolute atomic E-state index is 13.0. The zero-order valence-corrected chi connectivity index (χ0v) is 15.9. The molecule has 2 N–H and O–H groups in total. The number of hydrogen-bond donors (Lipinski definition) is 2. The SMILES string of the molecule is O=C1Nc2ccc(Br)cc2[C@H](c2ccccc2Cl)[C@@H]1[NH+]1CCOCC1. The van der Waals surface area contributed by atoms with Crippen LogP contribution in [0.25, 0.3) is 0 Å². The van der Waals surface area contributed by atoms with E-state index < -0.39 is 0 Å². The fourth-order valence-corrected chi connectivity index (χ4v) is 4.52. The van der Waals surface area contributed by atoms with E-state index in [0.29, 0.717) is 18.2 Å². The summed E-state index contributed by atoms with van der Waals surface area (Å²) in [7, 11) is 0. The molecule has 2 atom stereocenters. The lowest BCUT2D eigenvalue weighted by Crippen LogP contribution is -3.19. The van der Waals surface area contributed by atoms with E-state index in [1.165, 1.54) is 4.90 Å². The van der Waals surface area contributed by atoms with Crippen molar-refractivity contribution < 1.29 is 14.4 Å². The number of benzene rings is 2. The van der Waals surface area contributed by atoms with Gasteiger partial charge in [0.2, 0.25) is 0 Å². The van der Waals surface area contributed by atoms with Gasteiger partial charge in [-0.1, -0.05) is 45.7 Å². The maximum atomic E-state index is 13.0. The van der Waals surface area contributed by atoms with Gasteiger partial charge in [0.15, 0.2) is 6.04 Å². The molecule has 2 aromatic carbocycles. The van der Waals surface area contributed by atoms with Gasteiger partial charge in [-0.05, 0) is 35.4 Å². The minimum Gasteiger partial charge on any atom is -0.370 e. The van der Waals surface area contributed by atoms with Crippen LogP contribution in [-0.2, 0) is 9.53 Å². The first-order chi connectivity index (χ1) is 12.1. The number of ether oxygens (including phenoxy) is 1. The van der Waals surface area contributed by atoms with Crippen LogP contribution >= 0.6 is 27.5 Å². The molecule has 0 saturated carbocycles. The highest BCUT2D eigenvalue weighted by molar-refractivity contribution is 9.10. The smallest absolute Gasteiger partial charge is 0.283 e. The molecule has 1 amide bonds. The number of anilines is 1. The Morgan fingerprint density at radius 1 is 1.12 bits per heavy atom. The Hall–Kier alpha value is -1.40. The van der Waals surface area contributed by atoms with Gasteiger partial charge >= 0.3 is 0 Å². The third-order valence-electron chi connectivity index (χ3n) is 5.04. The predicted molar refractivity (Wildman–Crippen MR) is 101 cm³/mol. The molecule has 2 aliphatic heterocycles. The molecule has 2 heterocycles. The average Bonchev–Trinajstić information content (AvgIpc) is 2.62. The lowest BCUT2D eigenvalue weighted by Gasteiger charge is -2.39. The standard InChI is InChI=1S/C19H18BrClN2O2/c20-12-5-6-16-14(11-12)17(13-3-1-2-4-15(13)21)18(19(24)22-16)23-7-9-25-10-8-23/h1-6,11,17-18H,7-10H2,(H,22,24)/p+1/t17-,18-/m0/s1. The molecule has 2 aliphatic rings. The quantitative estimate of drug-likeness (QED) is 0.781.